The standard InChI is InChI=1S/C27H30N2O4/c1-17-13-19(21-7-5-6-8-23(21)29-17)16-32-20-11-9-18(10-12-20)14-27(25(28)31)15-22(27)24(30)33-26(2,3)4/h5-13,22H,14-16H2,1-4H3,(H2,28,31). The third-order valence-electron chi connectivity index (χ3n) is 6.02. The molecular formula is C27H30N2O4. The molecule has 2 unspecified atom stereocenters. The number of esters is 1. The molecule has 6 nitrogen and oxygen atoms in total. The molecule has 0 radical (unpaired) electrons. The highest BCUT2D eigenvalue weighted by molar-refractivity contribution is 5.93. The zero-order valence-electron chi connectivity index (χ0n) is 19.6. The number of para-hydroxylation sites is 1. The van der Waals surface area contributed by atoms with Crippen LogP contribution in [0.15, 0.2) is 54.6 Å². The second-order valence-electron chi connectivity index (χ2n) is 9.86. The molecule has 2 aromatic carbocycles. The van der Waals surface area contributed by atoms with Gasteiger partial charge in [-0.25, -0.2) is 0 Å². The van der Waals surface area contributed by atoms with E-state index in [2.05, 4.69) is 4.98 Å². The lowest BCUT2D eigenvalue weighted by Gasteiger charge is -2.21. The maximum absolute atomic E-state index is 12.5. The molecule has 0 bridgehead atoms. The molecule has 1 aliphatic carbocycles. The summed E-state index contributed by atoms with van der Waals surface area (Å²) in [7, 11) is 0. The average Bonchev–Trinajstić information content (AvgIpc) is 3.47. The predicted molar refractivity (Wildman–Crippen MR) is 127 cm³/mol. The lowest BCUT2D eigenvalue weighted by atomic mass is 9.93. The molecule has 2 N–H and O–H groups in total. The third-order valence-corrected chi connectivity index (χ3v) is 6.02. The molecule has 6 heteroatoms. The van der Waals surface area contributed by atoms with Crippen LogP contribution in [0, 0.1) is 18.3 Å². The Morgan fingerprint density at radius 2 is 1.82 bits per heavy atom. The van der Waals surface area contributed by atoms with Gasteiger partial charge in [-0.3, -0.25) is 14.6 Å². The molecule has 2 atom stereocenters. The number of fused-ring (bicyclic) bond motifs is 1. The number of carbonyl (C=O) groups is 2. The zero-order valence-corrected chi connectivity index (χ0v) is 19.6. The minimum absolute atomic E-state index is 0.360. The van der Waals surface area contributed by atoms with Gasteiger partial charge in [-0.2, -0.15) is 0 Å². The first-order valence-electron chi connectivity index (χ1n) is 11.2. The van der Waals surface area contributed by atoms with Crippen LogP contribution < -0.4 is 10.5 Å². The van der Waals surface area contributed by atoms with Crippen LogP contribution in [0.3, 0.4) is 0 Å². The van der Waals surface area contributed by atoms with E-state index in [0.717, 1.165) is 33.5 Å². The number of ether oxygens (including phenoxy) is 2. The second kappa shape index (κ2) is 8.50. The van der Waals surface area contributed by atoms with Crippen LogP contribution in [0.5, 0.6) is 5.75 Å². The fourth-order valence-corrected chi connectivity index (χ4v) is 4.29. The SMILES string of the molecule is Cc1cc(COc2ccc(CC3(C(N)=O)CC3C(=O)OC(C)(C)C)cc2)c2ccccc2n1. The van der Waals surface area contributed by atoms with Gasteiger partial charge in [0, 0.05) is 16.6 Å². The predicted octanol–water partition coefficient (Wildman–Crippen LogP) is 4.50. The summed E-state index contributed by atoms with van der Waals surface area (Å²) in [5, 5.41) is 1.07. The first kappa shape index (κ1) is 22.8. The van der Waals surface area contributed by atoms with Crippen molar-refractivity contribution in [3.05, 3.63) is 71.4 Å². The molecule has 1 saturated carbocycles. The average molecular weight is 447 g/mol. The van der Waals surface area contributed by atoms with E-state index in [-0.39, 0.29) is 5.97 Å². The van der Waals surface area contributed by atoms with Crippen molar-refractivity contribution < 1.29 is 19.1 Å². The van der Waals surface area contributed by atoms with Crippen LogP contribution in [-0.4, -0.2) is 22.5 Å². The number of amides is 1. The van der Waals surface area contributed by atoms with Crippen molar-refractivity contribution in [1.29, 1.82) is 0 Å². The van der Waals surface area contributed by atoms with Gasteiger partial charge in [0.1, 0.15) is 18.0 Å². The van der Waals surface area contributed by atoms with E-state index < -0.39 is 22.8 Å². The normalized spacial score (nSPS) is 19.8. The molecular weight excluding hydrogens is 416 g/mol. The Hall–Kier alpha value is -3.41. The van der Waals surface area contributed by atoms with Crippen LogP contribution in [0.4, 0.5) is 0 Å². The maximum Gasteiger partial charge on any atom is 0.310 e. The molecule has 3 aromatic rings. The number of hydrogen-bond acceptors (Lipinski definition) is 5. The maximum atomic E-state index is 12.5. The topological polar surface area (TPSA) is 91.5 Å². The summed E-state index contributed by atoms with van der Waals surface area (Å²) in [5.41, 5.74) is 8.13. The van der Waals surface area contributed by atoms with Crippen LogP contribution in [-0.2, 0) is 27.4 Å². The molecule has 1 fully saturated rings. The van der Waals surface area contributed by atoms with Crippen molar-refractivity contribution in [1.82, 2.24) is 4.98 Å². The minimum atomic E-state index is -0.877. The first-order valence-corrected chi connectivity index (χ1v) is 11.2. The highest BCUT2D eigenvalue weighted by Crippen LogP contribution is 2.55. The van der Waals surface area contributed by atoms with E-state index in [1.807, 2.05) is 82.3 Å². The van der Waals surface area contributed by atoms with E-state index in [9.17, 15) is 9.59 Å². The molecule has 0 saturated heterocycles. The summed E-state index contributed by atoms with van der Waals surface area (Å²) >= 11 is 0. The lowest BCUT2D eigenvalue weighted by Crippen LogP contribution is -2.33. The quantitative estimate of drug-likeness (QED) is 0.540. The van der Waals surface area contributed by atoms with Crippen molar-refractivity contribution in [3.63, 3.8) is 0 Å². The van der Waals surface area contributed by atoms with Gasteiger partial charge in [-0.15, -0.1) is 0 Å². The van der Waals surface area contributed by atoms with Crippen LogP contribution in [0.1, 0.15) is 44.0 Å². The Labute approximate surface area is 194 Å². The fraction of sp³-hybridized carbons (Fsp3) is 0.370. The summed E-state index contributed by atoms with van der Waals surface area (Å²) in [6.45, 7) is 7.84. The highest BCUT2D eigenvalue weighted by Gasteiger charge is 2.63. The monoisotopic (exact) mass is 446 g/mol. The molecule has 33 heavy (non-hydrogen) atoms. The highest BCUT2D eigenvalue weighted by atomic mass is 16.6. The number of pyridine rings is 1. The summed E-state index contributed by atoms with van der Waals surface area (Å²) in [6.07, 6.45) is 0.824. The van der Waals surface area contributed by atoms with E-state index in [0.29, 0.717) is 19.4 Å². The number of carbonyl (C=O) groups excluding carboxylic acids is 2. The van der Waals surface area contributed by atoms with Crippen LogP contribution in [0.2, 0.25) is 0 Å². The molecule has 4 rings (SSSR count). The van der Waals surface area contributed by atoms with Gasteiger partial charge in [0.25, 0.3) is 0 Å². The summed E-state index contributed by atoms with van der Waals surface area (Å²) in [4.78, 5) is 29.3. The molecule has 1 heterocycles. The summed E-state index contributed by atoms with van der Waals surface area (Å²) < 4.78 is 11.5. The molecule has 0 spiro atoms. The van der Waals surface area contributed by atoms with Gasteiger partial charge >= 0.3 is 5.97 Å². The minimum Gasteiger partial charge on any atom is -0.489 e. The molecule has 1 aliphatic rings. The van der Waals surface area contributed by atoms with Gasteiger partial charge in [0.05, 0.1) is 16.8 Å². The summed E-state index contributed by atoms with van der Waals surface area (Å²) in [5.74, 6) is -0.585. The number of primary amides is 1. The Kier molecular flexibility index (Phi) is 5.87. The molecule has 0 aliphatic heterocycles. The lowest BCUT2D eigenvalue weighted by molar-refractivity contribution is -0.158. The second-order valence-corrected chi connectivity index (χ2v) is 9.86. The number of rotatable bonds is 7. The Balaban J connectivity index is 1.43. The number of nitrogens with two attached hydrogens (primary N) is 1. The van der Waals surface area contributed by atoms with Crippen molar-refractivity contribution in [3.8, 4) is 5.75 Å². The van der Waals surface area contributed by atoms with Crippen LogP contribution >= 0.6 is 0 Å². The molecule has 1 amide bonds. The summed E-state index contributed by atoms with van der Waals surface area (Å²) in [6, 6.07) is 17.6. The first-order chi connectivity index (χ1) is 15.6. The Morgan fingerprint density at radius 3 is 2.48 bits per heavy atom. The zero-order chi connectivity index (χ0) is 23.8. The Bertz CT molecular complexity index is 1200. The van der Waals surface area contributed by atoms with Gasteiger partial charge < -0.3 is 15.2 Å². The van der Waals surface area contributed by atoms with E-state index in [4.69, 9.17) is 15.2 Å². The fourth-order valence-electron chi connectivity index (χ4n) is 4.29. The molecule has 172 valence electrons. The van der Waals surface area contributed by atoms with Crippen molar-refractivity contribution in [2.75, 3.05) is 0 Å². The number of nitrogens with zero attached hydrogens (tertiary/aromatic N) is 1. The van der Waals surface area contributed by atoms with E-state index >= 15 is 0 Å². The van der Waals surface area contributed by atoms with Gasteiger partial charge in [0.2, 0.25) is 5.91 Å². The van der Waals surface area contributed by atoms with Gasteiger partial charge in [0.15, 0.2) is 0 Å². The smallest absolute Gasteiger partial charge is 0.310 e. The van der Waals surface area contributed by atoms with Crippen LogP contribution in [0.25, 0.3) is 10.9 Å². The van der Waals surface area contributed by atoms with Crippen molar-refractivity contribution in [2.45, 2.75) is 52.7 Å². The molecule has 1 aromatic heterocycles. The number of hydrogen-bond donors (Lipinski definition) is 1. The van der Waals surface area contributed by atoms with Crippen molar-refractivity contribution in [2.24, 2.45) is 17.1 Å². The number of aromatic nitrogens is 1. The van der Waals surface area contributed by atoms with E-state index in [1.54, 1.807) is 0 Å². The number of aryl methyl sites for hydroxylation is 1. The third kappa shape index (κ3) is 5.00. The van der Waals surface area contributed by atoms with E-state index in [1.165, 1.54) is 0 Å². The number of benzene rings is 2. The Morgan fingerprint density at radius 1 is 1.12 bits per heavy atom. The van der Waals surface area contributed by atoms with Gasteiger partial charge in [-0.05, 0) is 70.4 Å². The van der Waals surface area contributed by atoms with Gasteiger partial charge in [-0.1, -0.05) is 30.3 Å². The van der Waals surface area contributed by atoms with Crippen molar-refractivity contribution >= 4 is 22.8 Å². The largest absolute Gasteiger partial charge is 0.489 e.